The topological polar surface area (TPSA) is 68.2 Å². The van der Waals surface area contributed by atoms with Gasteiger partial charge in [-0.3, -0.25) is 9.59 Å². The standard InChI is InChI=1S/C24H20Br2N2O4/c1-31-19-9-14(8-18(26)22(19)32-12-13-2-6-17(25)7-3-13)11-27-28-23(29)20-15-4-5-16(10-15)21(20)24(28)30/h2-9,11,15-16,20-21H,10,12H2,1H3/b27-11-/t15-,16-,20-,21-/m0/s1. The van der Waals surface area contributed by atoms with Crippen molar-refractivity contribution in [2.24, 2.45) is 28.8 Å². The van der Waals surface area contributed by atoms with Crippen molar-refractivity contribution < 1.29 is 19.1 Å². The minimum atomic E-state index is -0.259. The summed E-state index contributed by atoms with van der Waals surface area (Å²) in [6, 6.07) is 11.5. The number of amides is 2. The zero-order valence-electron chi connectivity index (χ0n) is 17.2. The molecule has 2 fully saturated rings. The molecule has 2 amide bonds. The number of methoxy groups -OCH3 is 1. The van der Waals surface area contributed by atoms with Crippen molar-refractivity contribution in [1.29, 1.82) is 0 Å². The Bertz CT molecular complexity index is 1120. The molecule has 0 spiro atoms. The first-order valence-corrected chi connectivity index (χ1v) is 11.9. The fourth-order valence-corrected chi connectivity index (χ4v) is 5.65. The van der Waals surface area contributed by atoms with Crippen LogP contribution in [-0.2, 0) is 16.2 Å². The fourth-order valence-electron chi connectivity index (χ4n) is 4.82. The maximum absolute atomic E-state index is 12.8. The summed E-state index contributed by atoms with van der Waals surface area (Å²) in [5.41, 5.74) is 1.70. The average Bonchev–Trinajstić information content (AvgIpc) is 3.46. The molecule has 2 aliphatic carbocycles. The Hall–Kier alpha value is -2.45. The van der Waals surface area contributed by atoms with Crippen molar-refractivity contribution in [3.05, 3.63) is 68.6 Å². The van der Waals surface area contributed by atoms with Gasteiger partial charge in [0.2, 0.25) is 0 Å². The number of allylic oxidation sites excluding steroid dienone is 2. The zero-order chi connectivity index (χ0) is 22.4. The number of imide groups is 1. The van der Waals surface area contributed by atoms with Crippen LogP contribution in [0, 0.1) is 23.7 Å². The van der Waals surface area contributed by atoms with E-state index in [0.29, 0.717) is 28.1 Å². The molecule has 164 valence electrons. The molecule has 2 aromatic carbocycles. The minimum absolute atomic E-state index is 0.165. The second kappa shape index (κ2) is 8.48. The van der Waals surface area contributed by atoms with Gasteiger partial charge in [-0.1, -0.05) is 40.2 Å². The highest BCUT2D eigenvalue weighted by molar-refractivity contribution is 9.10. The third kappa shape index (κ3) is 3.69. The van der Waals surface area contributed by atoms with E-state index in [0.717, 1.165) is 21.5 Å². The van der Waals surface area contributed by atoms with E-state index in [-0.39, 0.29) is 35.5 Å². The molecule has 1 saturated carbocycles. The molecule has 1 saturated heterocycles. The summed E-state index contributed by atoms with van der Waals surface area (Å²) in [6.45, 7) is 0.381. The lowest BCUT2D eigenvalue weighted by Gasteiger charge is -2.14. The second-order valence-corrected chi connectivity index (χ2v) is 9.95. The SMILES string of the molecule is COc1cc(/C=N\N2C(=O)[C@@H]3[C@@H](C2=O)[C@H]2C=C[C@H]3C2)cc(Br)c1OCc1ccc(Br)cc1. The van der Waals surface area contributed by atoms with Crippen LogP contribution in [0.15, 0.2) is 62.6 Å². The molecule has 0 unspecified atom stereocenters. The van der Waals surface area contributed by atoms with E-state index in [9.17, 15) is 9.59 Å². The number of carbonyl (C=O) groups excluding carboxylic acids is 2. The highest BCUT2D eigenvalue weighted by atomic mass is 79.9. The van der Waals surface area contributed by atoms with Crippen LogP contribution >= 0.6 is 31.9 Å². The maximum atomic E-state index is 12.8. The van der Waals surface area contributed by atoms with Crippen LogP contribution in [0.2, 0.25) is 0 Å². The van der Waals surface area contributed by atoms with Crippen molar-refractivity contribution in [3.8, 4) is 11.5 Å². The molecule has 1 heterocycles. The molecule has 4 atom stereocenters. The highest BCUT2D eigenvalue weighted by Crippen LogP contribution is 2.52. The Balaban J connectivity index is 1.33. The van der Waals surface area contributed by atoms with E-state index in [4.69, 9.17) is 9.47 Å². The number of ether oxygens (including phenoxy) is 2. The average molecular weight is 560 g/mol. The molecular formula is C24H20Br2N2O4. The lowest BCUT2D eigenvalue weighted by Crippen LogP contribution is -2.28. The van der Waals surface area contributed by atoms with E-state index < -0.39 is 0 Å². The predicted octanol–water partition coefficient (Wildman–Crippen LogP) is 4.94. The smallest absolute Gasteiger partial charge is 0.254 e. The third-order valence-electron chi connectivity index (χ3n) is 6.32. The first kappa shape index (κ1) is 21.4. The molecule has 2 aromatic rings. The van der Waals surface area contributed by atoms with Gasteiger partial charge in [-0.25, -0.2) is 0 Å². The summed E-state index contributed by atoms with van der Waals surface area (Å²) in [5, 5.41) is 5.28. The number of hydrazone groups is 1. The molecule has 3 aliphatic rings. The first-order valence-electron chi connectivity index (χ1n) is 10.3. The van der Waals surface area contributed by atoms with Gasteiger partial charge in [0.05, 0.1) is 29.6 Å². The Kier molecular flexibility index (Phi) is 5.67. The molecule has 2 bridgehead atoms. The molecule has 6 nitrogen and oxygen atoms in total. The molecule has 0 N–H and O–H groups in total. The van der Waals surface area contributed by atoms with Crippen LogP contribution in [0.5, 0.6) is 11.5 Å². The third-order valence-corrected chi connectivity index (χ3v) is 7.44. The minimum Gasteiger partial charge on any atom is -0.493 e. The quantitative estimate of drug-likeness (QED) is 0.285. The van der Waals surface area contributed by atoms with Crippen molar-refractivity contribution in [2.45, 2.75) is 13.0 Å². The monoisotopic (exact) mass is 558 g/mol. The molecule has 0 aromatic heterocycles. The van der Waals surface area contributed by atoms with Crippen molar-refractivity contribution >= 4 is 49.9 Å². The Morgan fingerprint density at radius 2 is 1.72 bits per heavy atom. The van der Waals surface area contributed by atoms with Gasteiger partial charge in [-0.2, -0.15) is 10.1 Å². The Morgan fingerprint density at radius 3 is 2.34 bits per heavy atom. The highest BCUT2D eigenvalue weighted by Gasteiger charge is 2.59. The van der Waals surface area contributed by atoms with Gasteiger partial charge in [0, 0.05) is 4.47 Å². The number of halogens is 2. The number of fused-ring (bicyclic) bond motifs is 5. The zero-order valence-corrected chi connectivity index (χ0v) is 20.4. The second-order valence-electron chi connectivity index (χ2n) is 8.18. The number of carbonyl (C=O) groups is 2. The van der Waals surface area contributed by atoms with Gasteiger partial charge in [0.25, 0.3) is 11.8 Å². The maximum Gasteiger partial charge on any atom is 0.254 e. The molecule has 8 heteroatoms. The van der Waals surface area contributed by atoms with Gasteiger partial charge in [-0.05, 0) is 69.6 Å². The van der Waals surface area contributed by atoms with Gasteiger partial charge < -0.3 is 9.47 Å². The van der Waals surface area contributed by atoms with E-state index in [2.05, 4.69) is 49.1 Å². The number of hydrogen-bond donors (Lipinski definition) is 0. The van der Waals surface area contributed by atoms with Crippen molar-refractivity contribution in [3.63, 3.8) is 0 Å². The van der Waals surface area contributed by atoms with Crippen LogP contribution < -0.4 is 9.47 Å². The van der Waals surface area contributed by atoms with Crippen LogP contribution in [0.25, 0.3) is 0 Å². The van der Waals surface area contributed by atoms with Crippen LogP contribution in [-0.4, -0.2) is 30.1 Å². The van der Waals surface area contributed by atoms with Gasteiger partial charge >= 0.3 is 0 Å². The van der Waals surface area contributed by atoms with Crippen molar-refractivity contribution in [2.75, 3.05) is 7.11 Å². The predicted molar refractivity (Wildman–Crippen MR) is 126 cm³/mol. The van der Waals surface area contributed by atoms with Gasteiger partial charge in [0.15, 0.2) is 11.5 Å². The Morgan fingerprint density at radius 1 is 1.06 bits per heavy atom. The van der Waals surface area contributed by atoms with E-state index in [1.807, 2.05) is 30.3 Å². The summed E-state index contributed by atoms with van der Waals surface area (Å²) in [6.07, 6.45) is 6.55. The van der Waals surface area contributed by atoms with E-state index in [1.54, 1.807) is 13.2 Å². The number of hydrogen-bond acceptors (Lipinski definition) is 5. The lowest BCUT2D eigenvalue weighted by molar-refractivity contribution is -0.140. The summed E-state index contributed by atoms with van der Waals surface area (Å²) < 4.78 is 13.2. The summed E-state index contributed by atoms with van der Waals surface area (Å²) in [4.78, 5) is 25.6. The largest absolute Gasteiger partial charge is 0.493 e. The lowest BCUT2D eigenvalue weighted by atomic mass is 9.85. The number of nitrogens with zero attached hydrogens (tertiary/aromatic N) is 2. The van der Waals surface area contributed by atoms with Crippen LogP contribution in [0.1, 0.15) is 17.5 Å². The van der Waals surface area contributed by atoms with Gasteiger partial charge in [0.1, 0.15) is 6.61 Å². The normalized spacial score (nSPS) is 25.8. The summed E-state index contributed by atoms with van der Waals surface area (Å²) in [7, 11) is 1.56. The number of benzene rings is 2. The summed E-state index contributed by atoms with van der Waals surface area (Å²) in [5.74, 6) is 0.503. The molecular weight excluding hydrogens is 540 g/mol. The number of rotatable bonds is 6. The van der Waals surface area contributed by atoms with E-state index in [1.165, 1.54) is 6.21 Å². The summed E-state index contributed by atoms with van der Waals surface area (Å²) >= 11 is 6.96. The molecule has 32 heavy (non-hydrogen) atoms. The molecule has 0 radical (unpaired) electrons. The fraction of sp³-hybridized carbons (Fsp3) is 0.292. The molecule has 1 aliphatic heterocycles. The van der Waals surface area contributed by atoms with E-state index >= 15 is 0 Å². The van der Waals surface area contributed by atoms with Crippen molar-refractivity contribution in [1.82, 2.24) is 5.01 Å². The molecule has 5 rings (SSSR count). The Labute approximate surface area is 202 Å². The first-order chi connectivity index (χ1) is 15.5. The van der Waals surface area contributed by atoms with Crippen LogP contribution in [0.4, 0.5) is 0 Å². The van der Waals surface area contributed by atoms with Gasteiger partial charge in [-0.15, -0.1) is 0 Å². The van der Waals surface area contributed by atoms with Crippen LogP contribution in [0.3, 0.4) is 0 Å².